The number of aromatic nitrogens is 12. The van der Waals surface area contributed by atoms with E-state index in [1.54, 1.807) is 67.7 Å². The minimum Gasteiger partial charge on any atom is -0.224 e. The quantitative estimate of drug-likeness (QED) is 0.137. The van der Waals surface area contributed by atoms with Gasteiger partial charge in [-0.05, 0) is 96.1 Å². The Morgan fingerprint density at radius 1 is 0.614 bits per heavy atom. The fourth-order valence-corrected chi connectivity index (χ4v) is 7.44. The second kappa shape index (κ2) is 12.7. The van der Waals surface area contributed by atoms with Crippen LogP contribution in [0.4, 0.5) is 0 Å². The van der Waals surface area contributed by atoms with E-state index >= 15 is 0 Å². The summed E-state index contributed by atoms with van der Waals surface area (Å²) in [5, 5.41) is 38.7. The van der Waals surface area contributed by atoms with Gasteiger partial charge in [0.25, 0.3) is 0 Å². The van der Waals surface area contributed by atoms with E-state index in [4.69, 9.17) is 46.4 Å². The van der Waals surface area contributed by atoms with Crippen LogP contribution in [0, 0.1) is 0 Å². The summed E-state index contributed by atoms with van der Waals surface area (Å²) < 4.78 is 3.43. The summed E-state index contributed by atoms with van der Waals surface area (Å²) in [6, 6.07) is 10.5. The number of hydrogen-bond acceptors (Lipinski definition) is 10. The molecule has 6 rings (SSSR count). The molecule has 0 aliphatic rings. The SMILES string of the molecule is CC(C)n1nnc(-c2cnn(-c3ccc(Cl)cc3Cl)c2SSc2c(-c3nnn(C(C)C)n3)cnn2-c2ccc(Cl)cc2Cl)n1. The summed E-state index contributed by atoms with van der Waals surface area (Å²) >= 11 is 25.7. The Morgan fingerprint density at radius 3 is 1.36 bits per heavy atom. The van der Waals surface area contributed by atoms with Crippen LogP contribution in [0.3, 0.4) is 0 Å². The van der Waals surface area contributed by atoms with Crippen molar-refractivity contribution in [3.8, 4) is 34.2 Å². The molecule has 18 heteroatoms. The van der Waals surface area contributed by atoms with Crippen molar-refractivity contribution in [3.05, 3.63) is 68.9 Å². The lowest BCUT2D eigenvalue weighted by molar-refractivity contribution is 0.455. The van der Waals surface area contributed by atoms with Crippen LogP contribution in [-0.4, -0.2) is 60.0 Å². The minimum atomic E-state index is 0.0234. The van der Waals surface area contributed by atoms with Crippen molar-refractivity contribution >= 4 is 68.0 Å². The highest BCUT2D eigenvalue weighted by molar-refractivity contribution is 8.76. The molecule has 0 fully saturated rings. The second-order valence-corrected chi connectivity index (χ2v) is 13.8. The molecule has 6 aromatic rings. The average Bonchev–Trinajstić information content (AvgIpc) is 3.77. The molecule has 4 aromatic heterocycles. The summed E-state index contributed by atoms with van der Waals surface area (Å²) in [6.07, 6.45) is 3.36. The molecule has 0 saturated heterocycles. The molecule has 0 bridgehead atoms. The highest BCUT2D eigenvalue weighted by Crippen LogP contribution is 2.46. The maximum Gasteiger partial charge on any atom is 0.209 e. The van der Waals surface area contributed by atoms with Crippen molar-refractivity contribution in [1.29, 1.82) is 0 Å². The molecule has 0 saturated carbocycles. The number of hydrogen-bond donors (Lipinski definition) is 0. The minimum absolute atomic E-state index is 0.0234. The Kier molecular flexibility index (Phi) is 8.91. The van der Waals surface area contributed by atoms with Gasteiger partial charge in [-0.15, -0.1) is 20.4 Å². The van der Waals surface area contributed by atoms with E-state index in [1.165, 1.54) is 21.6 Å². The Hall–Kier alpha value is -3.14. The largest absolute Gasteiger partial charge is 0.224 e. The van der Waals surface area contributed by atoms with E-state index in [2.05, 4.69) is 41.0 Å². The monoisotopic (exact) mass is 706 g/mol. The van der Waals surface area contributed by atoms with Crippen molar-refractivity contribution < 1.29 is 0 Å². The van der Waals surface area contributed by atoms with E-state index in [0.717, 1.165) is 0 Å². The first kappa shape index (κ1) is 30.9. The van der Waals surface area contributed by atoms with Crippen LogP contribution in [0.1, 0.15) is 39.8 Å². The first-order valence-corrected chi connectivity index (χ1v) is 16.8. The van der Waals surface area contributed by atoms with Gasteiger partial charge in [0.2, 0.25) is 11.6 Å². The number of rotatable bonds is 9. The summed E-state index contributed by atoms with van der Waals surface area (Å²) in [5.74, 6) is 0.823. The molecule has 44 heavy (non-hydrogen) atoms. The van der Waals surface area contributed by atoms with Crippen molar-refractivity contribution in [2.75, 3.05) is 0 Å². The van der Waals surface area contributed by atoms with Crippen LogP contribution in [0.15, 0.2) is 58.8 Å². The molecule has 0 N–H and O–H groups in total. The molecule has 12 nitrogen and oxygen atoms in total. The third kappa shape index (κ3) is 6.06. The van der Waals surface area contributed by atoms with Crippen molar-refractivity contribution in [3.63, 3.8) is 0 Å². The first-order valence-electron chi connectivity index (χ1n) is 13.1. The maximum absolute atomic E-state index is 6.63. The van der Waals surface area contributed by atoms with Gasteiger partial charge in [-0.2, -0.15) is 19.8 Å². The molecule has 4 heterocycles. The van der Waals surface area contributed by atoms with E-state index in [-0.39, 0.29) is 12.1 Å². The van der Waals surface area contributed by atoms with Crippen molar-refractivity contribution in [2.24, 2.45) is 0 Å². The molecular formula is C26H22Cl4N12S2. The molecule has 2 aromatic carbocycles. The molecule has 0 unspecified atom stereocenters. The molecule has 0 spiro atoms. The lowest BCUT2D eigenvalue weighted by Crippen LogP contribution is -2.04. The predicted molar refractivity (Wildman–Crippen MR) is 173 cm³/mol. The van der Waals surface area contributed by atoms with Gasteiger partial charge in [0.15, 0.2) is 0 Å². The van der Waals surface area contributed by atoms with E-state index in [9.17, 15) is 0 Å². The predicted octanol–water partition coefficient (Wildman–Crippen LogP) is 7.94. The van der Waals surface area contributed by atoms with Gasteiger partial charge in [-0.3, -0.25) is 0 Å². The molecular weight excluding hydrogens is 686 g/mol. The van der Waals surface area contributed by atoms with Gasteiger partial charge in [0.1, 0.15) is 10.1 Å². The van der Waals surface area contributed by atoms with Crippen LogP contribution >= 0.6 is 68.0 Å². The lowest BCUT2D eigenvalue weighted by atomic mass is 10.3. The fraction of sp³-hybridized carbons (Fsp3) is 0.231. The fourth-order valence-electron chi connectivity index (χ4n) is 3.97. The summed E-state index contributed by atoms with van der Waals surface area (Å²) in [5.41, 5.74) is 2.55. The van der Waals surface area contributed by atoms with Crippen LogP contribution in [0.25, 0.3) is 34.2 Å². The van der Waals surface area contributed by atoms with Gasteiger partial charge in [-0.25, -0.2) is 9.36 Å². The van der Waals surface area contributed by atoms with Crippen LogP contribution in [0.2, 0.25) is 20.1 Å². The summed E-state index contributed by atoms with van der Waals surface area (Å²) in [6.45, 7) is 7.90. The third-order valence-corrected chi connectivity index (χ3v) is 9.65. The molecule has 0 atom stereocenters. The van der Waals surface area contributed by atoms with Gasteiger partial charge >= 0.3 is 0 Å². The highest BCUT2D eigenvalue weighted by Gasteiger charge is 2.25. The molecule has 0 aliphatic heterocycles. The molecule has 226 valence electrons. The summed E-state index contributed by atoms with van der Waals surface area (Å²) in [7, 11) is 2.79. The Bertz CT molecular complexity index is 1820. The zero-order chi connectivity index (χ0) is 31.1. The second-order valence-electron chi connectivity index (χ2n) is 9.96. The molecule has 0 radical (unpaired) electrons. The van der Waals surface area contributed by atoms with Crippen molar-refractivity contribution in [1.82, 2.24) is 60.0 Å². The Balaban J connectivity index is 1.48. The van der Waals surface area contributed by atoms with Gasteiger partial charge < -0.3 is 0 Å². The van der Waals surface area contributed by atoms with Gasteiger partial charge in [-0.1, -0.05) is 46.4 Å². The topological polar surface area (TPSA) is 123 Å². The van der Waals surface area contributed by atoms with E-state index < -0.39 is 0 Å². The lowest BCUT2D eigenvalue weighted by Gasteiger charge is -2.12. The zero-order valence-corrected chi connectivity index (χ0v) is 28.1. The van der Waals surface area contributed by atoms with Gasteiger partial charge in [0, 0.05) is 10.0 Å². The number of tetrazole rings is 2. The average molecular weight is 708 g/mol. The standard InChI is InChI=1S/C26H22Cl4N12S2/c1-13(2)41-35-23(33-37-41)17-11-31-39(21-7-5-15(27)9-19(21)29)25(17)43-44-26-18(24-34-38-42(36-24)14(3)4)12-32-40(26)22-8-6-16(28)10-20(22)30/h5-14H,1-4H3. The Labute approximate surface area is 279 Å². The summed E-state index contributed by atoms with van der Waals surface area (Å²) in [4.78, 5) is 3.09. The number of halogens is 4. The van der Waals surface area contributed by atoms with Gasteiger partial charge in [0.05, 0.1) is 57.0 Å². The Morgan fingerprint density at radius 2 is 1.02 bits per heavy atom. The van der Waals surface area contributed by atoms with Crippen molar-refractivity contribution in [2.45, 2.75) is 49.8 Å². The van der Waals surface area contributed by atoms with Crippen LogP contribution < -0.4 is 0 Å². The number of nitrogens with zero attached hydrogens (tertiary/aromatic N) is 12. The zero-order valence-electron chi connectivity index (χ0n) is 23.5. The van der Waals surface area contributed by atoms with Crippen LogP contribution in [-0.2, 0) is 0 Å². The first-order chi connectivity index (χ1) is 21.1. The normalized spacial score (nSPS) is 11.8. The van der Waals surface area contributed by atoms with E-state index in [1.807, 2.05) is 27.7 Å². The van der Waals surface area contributed by atoms with E-state index in [0.29, 0.717) is 64.3 Å². The molecule has 0 amide bonds. The smallest absolute Gasteiger partial charge is 0.209 e. The van der Waals surface area contributed by atoms with Crippen LogP contribution in [0.5, 0.6) is 0 Å². The maximum atomic E-state index is 6.63. The number of benzene rings is 2. The highest BCUT2D eigenvalue weighted by atomic mass is 35.5. The third-order valence-electron chi connectivity index (χ3n) is 6.19. The molecule has 0 aliphatic carbocycles.